The van der Waals surface area contributed by atoms with Crippen LogP contribution in [0.2, 0.25) is 0 Å². The van der Waals surface area contributed by atoms with Crippen molar-refractivity contribution in [1.29, 1.82) is 0 Å². The predicted molar refractivity (Wildman–Crippen MR) is 98.3 cm³/mol. The average Bonchev–Trinajstić information content (AvgIpc) is 2.97. The Bertz CT molecular complexity index is 877. The van der Waals surface area contributed by atoms with Crippen LogP contribution in [0.1, 0.15) is 17.3 Å². The van der Waals surface area contributed by atoms with E-state index in [4.69, 9.17) is 4.74 Å². The number of nitrogens with zero attached hydrogens (tertiary/aromatic N) is 1. The molecule has 2 aromatic carbocycles. The third-order valence-corrected chi connectivity index (χ3v) is 4.14. The van der Waals surface area contributed by atoms with E-state index in [1.807, 2.05) is 0 Å². The van der Waals surface area contributed by atoms with Gasteiger partial charge in [-0.1, -0.05) is 18.2 Å². The van der Waals surface area contributed by atoms with Crippen LogP contribution in [0.5, 0.6) is 0 Å². The molecule has 138 valence electrons. The number of hydrogen-bond donors (Lipinski definition) is 1. The summed E-state index contributed by atoms with van der Waals surface area (Å²) >= 11 is 0. The number of benzene rings is 2. The second-order valence-corrected chi connectivity index (χ2v) is 5.95. The third-order valence-electron chi connectivity index (χ3n) is 4.14. The van der Waals surface area contributed by atoms with Crippen molar-refractivity contribution in [3.8, 4) is 0 Å². The molecule has 1 heterocycles. The molecule has 1 aliphatic rings. The number of hydrogen-bond acceptors (Lipinski definition) is 5. The molecule has 0 unspecified atom stereocenters. The van der Waals surface area contributed by atoms with Crippen molar-refractivity contribution in [2.45, 2.75) is 6.92 Å². The number of rotatable bonds is 5. The lowest BCUT2D eigenvalue weighted by Crippen LogP contribution is -2.34. The number of para-hydroxylation sites is 1. The van der Waals surface area contributed by atoms with Gasteiger partial charge in [0.15, 0.2) is 11.7 Å². The minimum absolute atomic E-state index is 0.136. The highest BCUT2D eigenvalue weighted by atomic mass is 16.5. The summed E-state index contributed by atoms with van der Waals surface area (Å²) in [5, 5.41) is 2.56. The van der Waals surface area contributed by atoms with E-state index in [0.717, 1.165) is 0 Å². The van der Waals surface area contributed by atoms with E-state index in [1.165, 1.54) is 29.2 Å². The molecule has 0 aliphatic carbocycles. The van der Waals surface area contributed by atoms with Gasteiger partial charge in [-0.15, -0.1) is 0 Å². The quantitative estimate of drug-likeness (QED) is 0.646. The van der Waals surface area contributed by atoms with Crippen molar-refractivity contribution in [2.75, 3.05) is 23.4 Å². The number of esters is 1. The second kappa shape index (κ2) is 7.82. The Morgan fingerprint density at radius 1 is 1.07 bits per heavy atom. The highest BCUT2D eigenvalue weighted by Gasteiger charge is 2.44. The molecule has 1 fully saturated rings. The van der Waals surface area contributed by atoms with Crippen LogP contribution in [-0.2, 0) is 19.1 Å². The Morgan fingerprint density at radius 3 is 2.37 bits per heavy atom. The molecule has 0 aromatic heterocycles. The van der Waals surface area contributed by atoms with Gasteiger partial charge in [0.05, 0.1) is 18.7 Å². The van der Waals surface area contributed by atoms with Gasteiger partial charge in [-0.05, 0) is 43.3 Å². The average molecular weight is 366 g/mol. The van der Waals surface area contributed by atoms with Gasteiger partial charge in [0.25, 0.3) is 0 Å². The summed E-state index contributed by atoms with van der Waals surface area (Å²) in [5.74, 6) is -3.53. The van der Waals surface area contributed by atoms with Gasteiger partial charge in [0, 0.05) is 11.4 Å². The summed E-state index contributed by atoms with van der Waals surface area (Å²) in [5.41, 5.74) is 1.30. The Balaban J connectivity index is 1.70. The minimum Gasteiger partial charge on any atom is -0.462 e. The topological polar surface area (TPSA) is 92.8 Å². The first kappa shape index (κ1) is 18.3. The van der Waals surface area contributed by atoms with Crippen molar-refractivity contribution in [1.82, 2.24) is 0 Å². The van der Waals surface area contributed by atoms with Gasteiger partial charge in [0.1, 0.15) is 0 Å². The largest absolute Gasteiger partial charge is 0.462 e. The van der Waals surface area contributed by atoms with E-state index in [-0.39, 0.29) is 13.2 Å². The van der Waals surface area contributed by atoms with Crippen molar-refractivity contribution >= 4 is 34.9 Å². The number of ketones is 1. The maximum Gasteiger partial charge on any atom is 0.338 e. The van der Waals surface area contributed by atoms with Crippen LogP contribution in [0, 0.1) is 5.92 Å². The Morgan fingerprint density at radius 2 is 1.74 bits per heavy atom. The number of carbonyl (C=O) groups excluding carboxylic acids is 4. The van der Waals surface area contributed by atoms with E-state index in [9.17, 15) is 19.2 Å². The lowest BCUT2D eigenvalue weighted by atomic mass is 10.1. The van der Waals surface area contributed by atoms with Crippen molar-refractivity contribution < 1.29 is 23.9 Å². The summed E-state index contributed by atoms with van der Waals surface area (Å²) < 4.78 is 4.89. The van der Waals surface area contributed by atoms with Gasteiger partial charge in [-0.25, -0.2) is 4.79 Å². The molecule has 2 aromatic rings. The summed E-state index contributed by atoms with van der Waals surface area (Å²) in [6.45, 7) is 1.84. The molecule has 1 atom stereocenters. The number of amides is 2. The Hall–Kier alpha value is -3.48. The van der Waals surface area contributed by atoms with Crippen LogP contribution < -0.4 is 10.2 Å². The first-order chi connectivity index (χ1) is 13.0. The van der Waals surface area contributed by atoms with Crippen molar-refractivity contribution in [3.63, 3.8) is 0 Å². The summed E-state index contributed by atoms with van der Waals surface area (Å²) in [6, 6.07) is 14.8. The highest BCUT2D eigenvalue weighted by molar-refractivity contribution is 6.30. The number of carbonyl (C=O) groups is 4. The molecule has 7 nitrogen and oxygen atoms in total. The third kappa shape index (κ3) is 3.87. The van der Waals surface area contributed by atoms with Crippen LogP contribution >= 0.6 is 0 Å². The van der Waals surface area contributed by atoms with Crippen LogP contribution in [0.15, 0.2) is 54.6 Å². The maximum absolute atomic E-state index is 12.5. The molecule has 1 aliphatic heterocycles. The molecule has 3 rings (SSSR count). The molecule has 7 heteroatoms. The molecule has 0 spiro atoms. The minimum atomic E-state index is -1.38. The monoisotopic (exact) mass is 366 g/mol. The van der Waals surface area contributed by atoms with Crippen LogP contribution in [0.25, 0.3) is 0 Å². The highest BCUT2D eigenvalue weighted by Crippen LogP contribution is 2.24. The zero-order chi connectivity index (χ0) is 19.4. The predicted octanol–water partition coefficient (Wildman–Crippen LogP) is 2.03. The number of nitrogens with one attached hydrogen (secondary N) is 1. The van der Waals surface area contributed by atoms with Gasteiger partial charge in [0.2, 0.25) is 11.8 Å². The van der Waals surface area contributed by atoms with Gasteiger partial charge in [-0.2, -0.15) is 0 Å². The first-order valence-electron chi connectivity index (χ1n) is 8.48. The van der Waals surface area contributed by atoms with Gasteiger partial charge >= 0.3 is 5.97 Å². The number of Topliss-reactive ketones (excluding diaryl/α,β-unsaturated/α-hetero) is 1. The summed E-state index contributed by atoms with van der Waals surface area (Å²) in [4.78, 5) is 50.2. The van der Waals surface area contributed by atoms with Gasteiger partial charge in [-0.3, -0.25) is 14.4 Å². The molecule has 0 bridgehead atoms. The molecule has 0 radical (unpaired) electrons. The molecule has 1 N–H and O–H groups in total. The normalized spacial score (nSPS) is 16.3. The number of anilines is 2. The summed E-state index contributed by atoms with van der Waals surface area (Å²) in [7, 11) is 0. The van der Waals surface area contributed by atoms with Crippen LogP contribution in [0.3, 0.4) is 0 Å². The van der Waals surface area contributed by atoms with E-state index in [0.29, 0.717) is 16.9 Å². The van der Waals surface area contributed by atoms with E-state index < -0.39 is 29.5 Å². The Kier molecular flexibility index (Phi) is 5.30. The van der Waals surface area contributed by atoms with E-state index in [1.54, 1.807) is 37.3 Å². The van der Waals surface area contributed by atoms with E-state index >= 15 is 0 Å². The molecular formula is C20H18N2O5. The zero-order valence-electron chi connectivity index (χ0n) is 14.7. The fourth-order valence-electron chi connectivity index (χ4n) is 2.82. The molecule has 0 saturated carbocycles. The van der Waals surface area contributed by atoms with E-state index in [2.05, 4.69) is 5.32 Å². The molecule has 27 heavy (non-hydrogen) atoms. The fraction of sp³-hybridized carbons (Fsp3) is 0.200. The van der Waals surface area contributed by atoms with Gasteiger partial charge < -0.3 is 15.0 Å². The molecular weight excluding hydrogens is 348 g/mol. The number of ether oxygens (including phenoxy) is 1. The van der Waals surface area contributed by atoms with Crippen molar-refractivity contribution in [3.05, 3.63) is 60.2 Å². The second-order valence-electron chi connectivity index (χ2n) is 5.95. The SMILES string of the molecule is CCOC(=O)c1ccc(NC(=O)[C@@H]2C(=O)CN(c3ccccc3)C2=O)cc1. The lowest BCUT2D eigenvalue weighted by molar-refractivity contribution is -0.134. The van der Waals surface area contributed by atoms with Crippen LogP contribution in [-0.4, -0.2) is 36.7 Å². The lowest BCUT2D eigenvalue weighted by Gasteiger charge is -2.15. The summed E-state index contributed by atoms with van der Waals surface area (Å²) in [6.07, 6.45) is 0. The molecule has 2 amide bonds. The Labute approximate surface area is 155 Å². The molecule has 1 saturated heterocycles. The van der Waals surface area contributed by atoms with Crippen molar-refractivity contribution in [2.24, 2.45) is 5.92 Å². The smallest absolute Gasteiger partial charge is 0.338 e. The zero-order valence-corrected chi connectivity index (χ0v) is 14.7. The first-order valence-corrected chi connectivity index (χ1v) is 8.48. The maximum atomic E-state index is 12.5. The fourth-order valence-corrected chi connectivity index (χ4v) is 2.82. The van der Waals surface area contributed by atoms with Crippen LogP contribution in [0.4, 0.5) is 11.4 Å². The standard InChI is InChI=1S/C20H18N2O5/c1-2-27-20(26)13-8-10-14(11-9-13)21-18(24)17-16(23)12-22(19(17)25)15-6-4-3-5-7-15/h3-11,17H,2,12H2,1H3,(H,21,24)/t17-/m0/s1.